The largest absolute Gasteiger partial charge is 0.462 e. The number of furan rings is 1. The summed E-state index contributed by atoms with van der Waals surface area (Å²) in [5.74, 6) is 2.89. The van der Waals surface area contributed by atoms with Crippen LogP contribution in [-0.4, -0.2) is 34.7 Å². The SMILES string of the molecule is Cc1ccc(C=CC(=O)NCC2(O)CCSC2)o1. The van der Waals surface area contributed by atoms with Crippen LogP contribution in [0.5, 0.6) is 0 Å². The molecule has 1 aliphatic heterocycles. The number of carbonyl (C=O) groups is 1. The lowest BCUT2D eigenvalue weighted by Gasteiger charge is -2.20. The minimum absolute atomic E-state index is 0.214. The van der Waals surface area contributed by atoms with Crippen LogP contribution in [-0.2, 0) is 4.79 Å². The fourth-order valence-corrected chi connectivity index (χ4v) is 3.04. The van der Waals surface area contributed by atoms with Crippen molar-refractivity contribution in [2.24, 2.45) is 0 Å². The van der Waals surface area contributed by atoms with E-state index in [2.05, 4.69) is 5.32 Å². The Morgan fingerprint density at radius 3 is 3.11 bits per heavy atom. The van der Waals surface area contributed by atoms with E-state index >= 15 is 0 Å². The first-order valence-electron chi connectivity index (χ1n) is 5.90. The molecule has 1 unspecified atom stereocenters. The first-order valence-corrected chi connectivity index (χ1v) is 7.05. The van der Waals surface area contributed by atoms with Gasteiger partial charge in [0.1, 0.15) is 11.5 Å². The van der Waals surface area contributed by atoms with Gasteiger partial charge in [0.25, 0.3) is 0 Å². The number of hydrogen-bond acceptors (Lipinski definition) is 4. The smallest absolute Gasteiger partial charge is 0.244 e. The Balaban J connectivity index is 1.80. The van der Waals surface area contributed by atoms with Crippen molar-refractivity contribution in [2.75, 3.05) is 18.1 Å². The first-order chi connectivity index (χ1) is 8.57. The second-order valence-electron chi connectivity index (χ2n) is 4.53. The fourth-order valence-electron chi connectivity index (χ4n) is 1.75. The molecule has 0 aromatic carbocycles. The van der Waals surface area contributed by atoms with Crippen molar-refractivity contribution in [1.82, 2.24) is 5.32 Å². The van der Waals surface area contributed by atoms with Gasteiger partial charge in [0.15, 0.2) is 0 Å². The molecule has 1 aromatic rings. The zero-order valence-electron chi connectivity index (χ0n) is 10.3. The molecule has 0 bridgehead atoms. The van der Waals surface area contributed by atoms with Gasteiger partial charge >= 0.3 is 0 Å². The molecule has 1 aromatic heterocycles. The summed E-state index contributed by atoms with van der Waals surface area (Å²) in [5.41, 5.74) is -0.741. The maximum absolute atomic E-state index is 11.6. The van der Waals surface area contributed by atoms with Crippen molar-refractivity contribution in [3.8, 4) is 0 Å². The molecule has 1 saturated heterocycles. The van der Waals surface area contributed by atoms with Gasteiger partial charge < -0.3 is 14.8 Å². The number of aliphatic hydroxyl groups is 1. The van der Waals surface area contributed by atoms with Gasteiger partial charge in [-0.1, -0.05) is 0 Å². The number of carbonyl (C=O) groups excluding carboxylic acids is 1. The van der Waals surface area contributed by atoms with Crippen LogP contribution >= 0.6 is 11.8 Å². The molecule has 0 radical (unpaired) electrons. The summed E-state index contributed by atoms with van der Waals surface area (Å²) < 4.78 is 5.31. The molecule has 18 heavy (non-hydrogen) atoms. The predicted molar refractivity (Wildman–Crippen MR) is 72.4 cm³/mol. The predicted octanol–water partition coefficient (Wildman–Crippen LogP) is 1.59. The summed E-state index contributed by atoms with van der Waals surface area (Å²) >= 11 is 1.71. The summed E-state index contributed by atoms with van der Waals surface area (Å²) in [5, 5.41) is 12.8. The van der Waals surface area contributed by atoms with Crippen LogP contribution in [0, 0.1) is 6.92 Å². The van der Waals surface area contributed by atoms with Gasteiger partial charge in [-0.25, -0.2) is 0 Å². The average Bonchev–Trinajstić information content (AvgIpc) is 2.94. The van der Waals surface area contributed by atoms with E-state index in [0.29, 0.717) is 18.1 Å². The Bertz CT molecular complexity index is 447. The van der Waals surface area contributed by atoms with E-state index in [4.69, 9.17) is 4.42 Å². The van der Waals surface area contributed by atoms with E-state index in [1.807, 2.05) is 13.0 Å². The van der Waals surface area contributed by atoms with E-state index in [-0.39, 0.29) is 5.91 Å². The van der Waals surface area contributed by atoms with Crippen molar-refractivity contribution < 1.29 is 14.3 Å². The summed E-state index contributed by atoms with van der Waals surface area (Å²) in [6.07, 6.45) is 3.78. The van der Waals surface area contributed by atoms with E-state index in [0.717, 1.165) is 17.9 Å². The van der Waals surface area contributed by atoms with E-state index in [1.54, 1.807) is 23.9 Å². The quantitative estimate of drug-likeness (QED) is 0.813. The maximum Gasteiger partial charge on any atom is 0.244 e. The average molecular weight is 267 g/mol. The molecule has 0 spiro atoms. The van der Waals surface area contributed by atoms with E-state index < -0.39 is 5.60 Å². The number of thioether (sulfide) groups is 1. The maximum atomic E-state index is 11.6. The van der Waals surface area contributed by atoms with Crippen LogP contribution in [0.3, 0.4) is 0 Å². The summed E-state index contributed by atoms with van der Waals surface area (Å²) in [6.45, 7) is 2.16. The van der Waals surface area contributed by atoms with Crippen LogP contribution in [0.15, 0.2) is 22.6 Å². The highest BCUT2D eigenvalue weighted by Gasteiger charge is 2.31. The highest BCUT2D eigenvalue weighted by Crippen LogP contribution is 2.26. The van der Waals surface area contributed by atoms with Crippen molar-refractivity contribution in [3.05, 3.63) is 29.7 Å². The molecule has 2 rings (SSSR count). The zero-order valence-corrected chi connectivity index (χ0v) is 11.1. The summed E-state index contributed by atoms with van der Waals surface area (Å²) in [6, 6.07) is 3.65. The number of rotatable bonds is 4. The second kappa shape index (κ2) is 5.63. The Morgan fingerprint density at radius 1 is 1.67 bits per heavy atom. The Hall–Kier alpha value is -1.20. The lowest BCUT2D eigenvalue weighted by atomic mass is 10.0. The third-order valence-corrected chi connectivity index (χ3v) is 4.07. The molecule has 2 N–H and O–H groups in total. The van der Waals surface area contributed by atoms with Crippen molar-refractivity contribution in [2.45, 2.75) is 18.9 Å². The summed E-state index contributed by atoms with van der Waals surface area (Å²) in [7, 11) is 0. The lowest BCUT2D eigenvalue weighted by molar-refractivity contribution is -0.117. The highest BCUT2D eigenvalue weighted by molar-refractivity contribution is 7.99. The third kappa shape index (κ3) is 3.65. The fraction of sp³-hybridized carbons (Fsp3) is 0.462. The minimum Gasteiger partial charge on any atom is -0.462 e. The normalized spacial score (nSPS) is 23.7. The van der Waals surface area contributed by atoms with Crippen molar-refractivity contribution >= 4 is 23.7 Å². The van der Waals surface area contributed by atoms with Crippen LogP contribution in [0.2, 0.25) is 0 Å². The van der Waals surface area contributed by atoms with E-state index in [1.165, 1.54) is 6.08 Å². The van der Waals surface area contributed by atoms with Gasteiger partial charge in [-0.2, -0.15) is 11.8 Å². The van der Waals surface area contributed by atoms with Gasteiger partial charge in [-0.3, -0.25) is 4.79 Å². The molecule has 4 nitrogen and oxygen atoms in total. The van der Waals surface area contributed by atoms with Crippen LogP contribution in [0.4, 0.5) is 0 Å². The molecular formula is C13H17NO3S. The highest BCUT2D eigenvalue weighted by atomic mass is 32.2. The van der Waals surface area contributed by atoms with Gasteiger partial charge in [0, 0.05) is 18.4 Å². The molecular weight excluding hydrogens is 250 g/mol. The molecule has 0 aliphatic carbocycles. The number of nitrogens with one attached hydrogen (secondary N) is 1. The molecule has 1 amide bonds. The zero-order chi connectivity index (χ0) is 13.0. The molecule has 98 valence electrons. The minimum atomic E-state index is -0.741. The van der Waals surface area contributed by atoms with Gasteiger partial charge in [-0.05, 0) is 37.3 Å². The Kier molecular flexibility index (Phi) is 4.14. The number of hydrogen-bond donors (Lipinski definition) is 2. The molecule has 0 saturated carbocycles. The monoisotopic (exact) mass is 267 g/mol. The van der Waals surface area contributed by atoms with Gasteiger partial charge in [0.05, 0.1) is 5.60 Å². The van der Waals surface area contributed by atoms with E-state index in [9.17, 15) is 9.90 Å². The van der Waals surface area contributed by atoms with Crippen LogP contribution < -0.4 is 5.32 Å². The van der Waals surface area contributed by atoms with Crippen LogP contribution in [0.25, 0.3) is 6.08 Å². The number of amides is 1. The standard InChI is InChI=1S/C13H17NO3S/c1-10-2-3-11(17-10)4-5-12(15)14-8-13(16)6-7-18-9-13/h2-5,16H,6-9H2,1H3,(H,14,15). The van der Waals surface area contributed by atoms with Gasteiger partial charge in [0.2, 0.25) is 5.91 Å². The molecule has 5 heteroatoms. The van der Waals surface area contributed by atoms with Crippen molar-refractivity contribution in [1.29, 1.82) is 0 Å². The summed E-state index contributed by atoms with van der Waals surface area (Å²) in [4.78, 5) is 11.6. The Morgan fingerprint density at radius 2 is 2.50 bits per heavy atom. The molecule has 2 heterocycles. The third-order valence-electron chi connectivity index (χ3n) is 2.83. The topological polar surface area (TPSA) is 62.5 Å². The van der Waals surface area contributed by atoms with Gasteiger partial charge in [-0.15, -0.1) is 0 Å². The first kappa shape index (κ1) is 13.2. The second-order valence-corrected chi connectivity index (χ2v) is 5.63. The number of aryl methyl sites for hydroxylation is 1. The van der Waals surface area contributed by atoms with Crippen LogP contribution in [0.1, 0.15) is 17.9 Å². The molecule has 1 atom stereocenters. The van der Waals surface area contributed by atoms with Crippen molar-refractivity contribution in [3.63, 3.8) is 0 Å². The molecule has 1 aliphatic rings. The lowest BCUT2D eigenvalue weighted by Crippen LogP contribution is -2.42. The molecule has 1 fully saturated rings. The Labute approximate surface area is 110 Å².